The molecule has 27 heavy (non-hydrogen) atoms. The number of rotatable bonds is 6. The Balaban J connectivity index is 0.00000364. The SMILES string of the molecule is CN=C(NCc1ccc(OC(C)C)cc1)NC1CCN(CC(F)(F)F)C1.I. The number of guanidine groups is 1. The molecular formula is C18H28F3IN4O. The number of ether oxygens (including phenoxy) is 1. The number of hydrogen-bond donors (Lipinski definition) is 2. The molecule has 1 unspecified atom stereocenters. The Bertz CT molecular complexity index is 593. The van der Waals surface area contributed by atoms with Gasteiger partial charge in [0.2, 0.25) is 0 Å². The fraction of sp³-hybridized carbons (Fsp3) is 0.611. The quantitative estimate of drug-likeness (QED) is 0.358. The van der Waals surface area contributed by atoms with Crippen molar-refractivity contribution in [3.63, 3.8) is 0 Å². The number of halogens is 4. The first-order valence-electron chi connectivity index (χ1n) is 8.77. The van der Waals surface area contributed by atoms with Gasteiger partial charge in [0.1, 0.15) is 5.75 Å². The smallest absolute Gasteiger partial charge is 0.401 e. The van der Waals surface area contributed by atoms with Crippen LogP contribution >= 0.6 is 24.0 Å². The second-order valence-electron chi connectivity index (χ2n) is 6.72. The van der Waals surface area contributed by atoms with Gasteiger partial charge < -0.3 is 15.4 Å². The molecule has 2 rings (SSSR count). The number of hydrogen-bond acceptors (Lipinski definition) is 3. The van der Waals surface area contributed by atoms with Gasteiger partial charge >= 0.3 is 6.18 Å². The number of nitrogens with one attached hydrogen (secondary N) is 2. The van der Waals surface area contributed by atoms with Crippen molar-refractivity contribution in [1.29, 1.82) is 0 Å². The summed E-state index contributed by atoms with van der Waals surface area (Å²) in [5, 5.41) is 6.39. The van der Waals surface area contributed by atoms with E-state index in [4.69, 9.17) is 4.74 Å². The predicted molar refractivity (Wildman–Crippen MR) is 112 cm³/mol. The second-order valence-corrected chi connectivity index (χ2v) is 6.72. The van der Waals surface area contributed by atoms with Gasteiger partial charge in [-0.3, -0.25) is 9.89 Å². The summed E-state index contributed by atoms with van der Waals surface area (Å²) in [5.41, 5.74) is 1.06. The van der Waals surface area contributed by atoms with Crippen LogP contribution in [0, 0.1) is 0 Å². The van der Waals surface area contributed by atoms with Crippen molar-refractivity contribution in [2.24, 2.45) is 4.99 Å². The van der Waals surface area contributed by atoms with Crippen LogP contribution in [-0.4, -0.2) is 55.9 Å². The third kappa shape index (κ3) is 9.00. The zero-order chi connectivity index (χ0) is 19.2. The highest BCUT2D eigenvalue weighted by atomic mass is 127. The number of likely N-dealkylation sites (tertiary alicyclic amines) is 1. The van der Waals surface area contributed by atoms with Crippen LogP contribution in [0.3, 0.4) is 0 Å². The van der Waals surface area contributed by atoms with E-state index in [2.05, 4.69) is 15.6 Å². The highest BCUT2D eigenvalue weighted by Gasteiger charge is 2.34. The molecule has 1 atom stereocenters. The maximum atomic E-state index is 12.5. The summed E-state index contributed by atoms with van der Waals surface area (Å²) < 4.78 is 43.0. The predicted octanol–water partition coefficient (Wildman–Crippen LogP) is 3.39. The molecule has 1 aliphatic heterocycles. The van der Waals surface area contributed by atoms with Gasteiger partial charge in [-0.1, -0.05) is 12.1 Å². The molecule has 2 N–H and O–H groups in total. The summed E-state index contributed by atoms with van der Waals surface area (Å²) in [6, 6.07) is 7.74. The third-order valence-corrected chi connectivity index (χ3v) is 3.99. The van der Waals surface area contributed by atoms with Crippen LogP contribution in [0.1, 0.15) is 25.8 Å². The van der Waals surface area contributed by atoms with Gasteiger partial charge in [-0.25, -0.2) is 0 Å². The molecule has 5 nitrogen and oxygen atoms in total. The van der Waals surface area contributed by atoms with Crippen molar-refractivity contribution in [1.82, 2.24) is 15.5 Å². The molecule has 0 amide bonds. The molecular weight excluding hydrogens is 472 g/mol. The Hall–Kier alpha value is -1.23. The number of benzene rings is 1. The van der Waals surface area contributed by atoms with E-state index in [1.807, 2.05) is 38.1 Å². The molecule has 1 saturated heterocycles. The molecule has 0 spiro atoms. The molecule has 154 valence electrons. The number of aliphatic imine (C=N–C) groups is 1. The molecule has 0 radical (unpaired) electrons. The molecule has 1 aromatic rings. The zero-order valence-corrected chi connectivity index (χ0v) is 18.2. The topological polar surface area (TPSA) is 48.9 Å². The van der Waals surface area contributed by atoms with Gasteiger partial charge in [-0.15, -0.1) is 24.0 Å². The fourth-order valence-corrected chi connectivity index (χ4v) is 2.88. The summed E-state index contributed by atoms with van der Waals surface area (Å²) in [6.45, 7) is 4.46. The summed E-state index contributed by atoms with van der Waals surface area (Å²) in [5.74, 6) is 1.41. The van der Waals surface area contributed by atoms with E-state index in [0.29, 0.717) is 32.0 Å². The number of alkyl halides is 3. The Morgan fingerprint density at radius 2 is 1.96 bits per heavy atom. The Labute approximate surface area is 175 Å². The number of nitrogens with zero attached hydrogens (tertiary/aromatic N) is 2. The molecule has 0 aliphatic carbocycles. The molecule has 1 aromatic carbocycles. The van der Waals surface area contributed by atoms with Crippen LogP contribution in [0.25, 0.3) is 0 Å². The average Bonchev–Trinajstić information content (AvgIpc) is 2.97. The standard InChI is InChI=1S/C18H27F3N4O.HI/c1-13(2)26-16-6-4-14(5-7-16)10-23-17(22-3)24-15-8-9-25(11-15)12-18(19,20)21;/h4-7,13,15H,8-12H2,1-3H3,(H2,22,23,24);1H. The summed E-state index contributed by atoms with van der Waals surface area (Å²) >= 11 is 0. The van der Waals surface area contributed by atoms with Crippen LogP contribution in [0.15, 0.2) is 29.3 Å². The Morgan fingerprint density at radius 1 is 1.30 bits per heavy atom. The lowest BCUT2D eigenvalue weighted by Gasteiger charge is -2.20. The van der Waals surface area contributed by atoms with Crippen LogP contribution in [0.5, 0.6) is 5.75 Å². The first-order valence-corrected chi connectivity index (χ1v) is 8.77. The second kappa shape index (κ2) is 10.9. The maximum absolute atomic E-state index is 12.5. The minimum atomic E-state index is -4.15. The van der Waals surface area contributed by atoms with Crippen LogP contribution in [-0.2, 0) is 6.54 Å². The minimum Gasteiger partial charge on any atom is -0.491 e. The summed E-state index contributed by atoms with van der Waals surface area (Å²) in [7, 11) is 1.65. The third-order valence-electron chi connectivity index (χ3n) is 3.99. The molecule has 1 heterocycles. The van der Waals surface area contributed by atoms with Crippen molar-refractivity contribution < 1.29 is 17.9 Å². The highest BCUT2D eigenvalue weighted by molar-refractivity contribution is 14.0. The molecule has 9 heteroatoms. The van der Waals surface area contributed by atoms with Gasteiger partial charge in [0.15, 0.2) is 5.96 Å². The van der Waals surface area contributed by atoms with E-state index in [-0.39, 0.29) is 36.1 Å². The lowest BCUT2D eigenvalue weighted by molar-refractivity contribution is -0.143. The van der Waals surface area contributed by atoms with E-state index >= 15 is 0 Å². The lowest BCUT2D eigenvalue weighted by atomic mass is 10.2. The van der Waals surface area contributed by atoms with Crippen LogP contribution in [0.2, 0.25) is 0 Å². The molecule has 1 fully saturated rings. The molecule has 0 bridgehead atoms. The van der Waals surface area contributed by atoms with E-state index in [9.17, 15) is 13.2 Å². The largest absolute Gasteiger partial charge is 0.491 e. The van der Waals surface area contributed by atoms with Crippen molar-refractivity contribution >= 4 is 29.9 Å². The minimum absolute atomic E-state index is 0. The monoisotopic (exact) mass is 500 g/mol. The molecule has 1 aliphatic rings. The summed E-state index contributed by atoms with van der Waals surface area (Å²) in [4.78, 5) is 5.57. The van der Waals surface area contributed by atoms with Crippen molar-refractivity contribution in [2.75, 3.05) is 26.7 Å². The van der Waals surface area contributed by atoms with Gasteiger partial charge in [0.05, 0.1) is 12.6 Å². The van der Waals surface area contributed by atoms with Gasteiger partial charge in [-0.2, -0.15) is 13.2 Å². The van der Waals surface area contributed by atoms with Crippen LogP contribution in [0.4, 0.5) is 13.2 Å². The van der Waals surface area contributed by atoms with Crippen molar-refractivity contribution in [3.8, 4) is 5.75 Å². The fourth-order valence-electron chi connectivity index (χ4n) is 2.88. The average molecular weight is 500 g/mol. The van der Waals surface area contributed by atoms with Gasteiger partial charge in [0.25, 0.3) is 0 Å². The van der Waals surface area contributed by atoms with Crippen LogP contribution < -0.4 is 15.4 Å². The van der Waals surface area contributed by atoms with Gasteiger partial charge in [-0.05, 0) is 38.0 Å². The first kappa shape index (κ1) is 23.8. The van der Waals surface area contributed by atoms with E-state index < -0.39 is 12.7 Å². The Kier molecular flexibility index (Phi) is 9.65. The highest BCUT2D eigenvalue weighted by Crippen LogP contribution is 2.20. The van der Waals surface area contributed by atoms with Gasteiger partial charge in [0, 0.05) is 32.7 Å². The maximum Gasteiger partial charge on any atom is 0.401 e. The van der Waals surface area contributed by atoms with E-state index in [1.165, 1.54) is 4.90 Å². The zero-order valence-electron chi connectivity index (χ0n) is 15.8. The molecule has 0 saturated carbocycles. The normalized spacial score (nSPS) is 18.3. The first-order chi connectivity index (χ1) is 12.2. The Morgan fingerprint density at radius 3 is 2.52 bits per heavy atom. The summed E-state index contributed by atoms with van der Waals surface area (Å²) in [6.07, 6.45) is -3.36. The van der Waals surface area contributed by atoms with Crippen molar-refractivity contribution in [2.45, 2.75) is 45.1 Å². The van der Waals surface area contributed by atoms with E-state index in [0.717, 1.165) is 11.3 Å². The van der Waals surface area contributed by atoms with Crippen molar-refractivity contribution in [3.05, 3.63) is 29.8 Å². The molecule has 0 aromatic heterocycles. The lowest BCUT2D eigenvalue weighted by Crippen LogP contribution is -2.44. The van der Waals surface area contributed by atoms with E-state index in [1.54, 1.807) is 7.05 Å².